The van der Waals surface area contributed by atoms with Crippen LogP contribution in [0.2, 0.25) is 0 Å². The Labute approximate surface area is 146 Å². The summed E-state index contributed by atoms with van der Waals surface area (Å²) in [5.74, 6) is 0.191. The second kappa shape index (κ2) is 6.97. The molecule has 0 saturated carbocycles. The molecule has 0 spiro atoms. The van der Waals surface area contributed by atoms with E-state index < -0.39 is 0 Å². The Morgan fingerprint density at radius 3 is 2.60 bits per heavy atom. The summed E-state index contributed by atoms with van der Waals surface area (Å²) in [6.45, 7) is 8.34. The number of nitrogens with zero attached hydrogens (tertiary/aromatic N) is 5. The maximum atomic E-state index is 12.5. The fourth-order valence-corrected chi connectivity index (χ4v) is 3.23. The molecule has 8 nitrogen and oxygen atoms in total. The van der Waals surface area contributed by atoms with Crippen LogP contribution >= 0.6 is 0 Å². The summed E-state index contributed by atoms with van der Waals surface area (Å²) >= 11 is 0. The van der Waals surface area contributed by atoms with E-state index in [4.69, 9.17) is 9.15 Å². The molecule has 1 amide bonds. The molecular formula is C17H23N5O3. The molecule has 8 heteroatoms. The maximum absolute atomic E-state index is 12.5. The Morgan fingerprint density at radius 2 is 1.84 bits per heavy atom. The minimum atomic E-state index is 0.191. The van der Waals surface area contributed by atoms with Crippen LogP contribution < -0.4 is 4.90 Å². The average molecular weight is 345 g/mol. The van der Waals surface area contributed by atoms with E-state index in [1.54, 1.807) is 0 Å². The third kappa shape index (κ3) is 3.59. The van der Waals surface area contributed by atoms with E-state index >= 15 is 0 Å². The third-order valence-corrected chi connectivity index (χ3v) is 4.75. The highest BCUT2D eigenvalue weighted by Crippen LogP contribution is 2.22. The summed E-state index contributed by atoms with van der Waals surface area (Å²) in [5, 5.41) is 0. The molecule has 2 aliphatic heterocycles. The lowest BCUT2D eigenvalue weighted by Crippen LogP contribution is -2.52. The number of morpholine rings is 1. The lowest BCUT2D eigenvalue weighted by molar-refractivity contribution is -0.133. The molecule has 2 aliphatic rings. The first-order chi connectivity index (χ1) is 12.2. The van der Waals surface area contributed by atoms with Crippen molar-refractivity contribution in [3.05, 3.63) is 17.8 Å². The topological polar surface area (TPSA) is 74.9 Å². The number of rotatable bonds is 3. The van der Waals surface area contributed by atoms with Gasteiger partial charge >= 0.3 is 0 Å². The summed E-state index contributed by atoms with van der Waals surface area (Å²) in [6, 6.07) is 4.41. The van der Waals surface area contributed by atoms with Gasteiger partial charge in [0.2, 0.25) is 11.6 Å². The van der Waals surface area contributed by atoms with Crippen LogP contribution in [0.25, 0.3) is 11.2 Å². The number of fused-ring (bicyclic) bond motifs is 1. The number of pyridine rings is 1. The molecule has 0 radical (unpaired) electrons. The summed E-state index contributed by atoms with van der Waals surface area (Å²) in [7, 11) is 0. The highest BCUT2D eigenvalue weighted by Gasteiger charge is 2.25. The quantitative estimate of drug-likeness (QED) is 0.802. The number of piperazine rings is 1. The number of carbonyl (C=O) groups excluding carboxylic acids is 1. The summed E-state index contributed by atoms with van der Waals surface area (Å²) < 4.78 is 11.1. The lowest BCUT2D eigenvalue weighted by Gasteiger charge is -2.35. The van der Waals surface area contributed by atoms with Gasteiger partial charge in [0.1, 0.15) is 0 Å². The Kier molecular flexibility index (Phi) is 4.54. The fraction of sp³-hybridized carbons (Fsp3) is 0.588. The van der Waals surface area contributed by atoms with Crippen LogP contribution in [0, 0.1) is 6.92 Å². The first kappa shape index (κ1) is 16.3. The van der Waals surface area contributed by atoms with Crippen LogP contribution in [0.4, 0.5) is 6.01 Å². The largest absolute Gasteiger partial charge is 0.422 e. The van der Waals surface area contributed by atoms with Gasteiger partial charge in [-0.25, -0.2) is 4.98 Å². The Bertz CT molecular complexity index is 748. The van der Waals surface area contributed by atoms with Crippen LogP contribution in [-0.4, -0.2) is 84.7 Å². The van der Waals surface area contributed by atoms with Gasteiger partial charge in [-0.1, -0.05) is 0 Å². The molecule has 0 aliphatic carbocycles. The van der Waals surface area contributed by atoms with Crippen molar-refractivity contribution in [3.8, 4) is 0 Å². The van der Waals surface area contributed by atoms with Crippen LogP contribution in [0.1, 0.15) is 5.69 Å². The molecule has 0 unspecified atom stereocenters. The number of hydrogen-bond donors (Lipinski definition) is 0. The zero-order chi connectivity index (χ0) is 17.2. The first-order valence-electron chi connectivity index (χ1n) is 8.76. The van der Waals surface area contributed by atoms with Gasteiger partial charge in [-0.3, -0.25) is 9.69 Å². The number of carbonyl (C=O) groups is 1. The van der Waals surface area contributed by atoms with Gasteiger partial charge in [0.05, 0.1) is 19.8 Å². The summed E-state index contributed by atoms with van der Waals surface area (Å²) in [4.78, 5) is 27.5. The monoisotopic (exact) mass is 345 g/mol. The smallest absolute Gasteiger partial charge is 0.300 e. The zero-order valence-electron chi connectivity index (χ0n) is 14.5. The number of amides is 1. The molecule has 0 aromatic carbocycles. The number of oxazole rings is 1. The zero-order valence-corrected chi connectivity index (χ0v) is 14.5. The number of hydrogen-bond acceptors (Lipinski definition) is 7. The molecule has 25 heavy (non-hydrogen) atoms. The molecular weight excluding hydrogens is 322 g/mol. The van der Waals surface area contributed by atoms with Crippen LogP contribution in [0.3, 0.4) is 0 Å². The molecule has 0 bridgehead atoms. The van der Waals surface area contributed by atoms with Crippen molar-refractivity contribution in [1.82, 2.24) is 19.8 Å². The van der Waals surface area contributed by atoms with Gasteiger partial charge < -0.3 is 19.0 Å². The molecule has 2 fully saturated rings. The molecule has 4 rings (SSSR count). The van der Waals surface area contributed by atoms with Crippen molar-refractivity contribution < 1.29 is 13.9 Å². The van der Waals surface area contributed by atoms with Gasteiger partial charge in [0, 0.05) is 45.0 Å². The second-order valence-corrected chi connectivity index (χ2v) is 6.53. The van der Waals surface area contributed by atoms with Crippen LogP contribution in [-0.2, 0) is 9.53 Å². The highest BCUT2D eigenvalue weighted by atomic mass is 16.5. The van der Waals surface area contributed by atoms with Crippen molar-refractivity contribution in [3.63, 3.8) is 0 Å². The van der Waals surface area contributed by atoms with Gasteiger partial charge in [-0.05, 0) is 19.1 Å². The van der Waals surface area contributed by atoms with Crippen LogP contribution in [0.15, 0.2) is 16.5 Å². The van der Waals surface area contributed by atoms with E-state index in [1.807, 2.05) is 24.0 Å². The Morgan fingerprint density at radius 1 is 1.08 bits per heavy atom. The number of anilines is 1. The predicted molar refractivity (Wildman–Crippen MR) is 92.6 cm³/mol. The normalized spacial score (nSPS) is 19.6. The van der Waals surface area contributed by atoms with E-state index in [0.29, 0.717) is 50.1 Å². The standard InChI is InChI=1S/C17H23N5O3/c1-13-2-3-14-16(18-13)19-17(25-14)22-6-4-21(5-7-22)15(23)12-20-8-10-24-11-9-20/h2-3H,4-12H2,1H3. The molecule has 2 saturated heterocycles. The number of aromatic nitrogens is 2. The van der Waals surface area contributed by atoms with E-state index in [-0.39, 0.29) is 5.91 Å². The van der Waals surface area contributed by atoms with Gasteiger partial charge in [0.25, 0.3) is 6.01 Å². The van der Waals surface area contributed by atoms with E-state index in [1.165, 1.54) is 0 Å². The summed E-state index contributed by atoms with van der Waals surface area (Å²) in [5.41, 5.74) is 2.26. The van der Waals surface area contributed by atoms with E-state index in [0.717, 1.165) is 31.9 Å². The minimum absolute atomic E-state index is 0.191. The van der Waals surface area contributed by atoms with Crippen molar-refractivity contribution >= 4 is 23.2 Å². The molecule has 2 aromatic rings. The second-order valence-electron chi connectivity index (χ2n) is 6.53. The van der Waals surface area contributed by atoms with Crippen molar-refractivity contribution in [2.75, 3.05) is 63.9 Å². The first-order valence-corrected chi connectivity index (χ1v) is 8.76. The van der Waals surface area contributed by atoms with Crippen molar-refractivity contribution in [2.24, 2.45) is 0 Å². The third-order valence-electron chi connectivity index (χ3n) is 4.75. The summed E-state index contributed by atoms with van der Waals surface area (Å²) in [6.07, 6.45) is 0. The number of ether oxygens (including phenoxy) is 1. The van der Waals surface area contributed by atoms with Crippen molar-refractivity contribution in [1.29, 1.82) is 0 Å². The van der Waals surface area contributed by atoms with E-state index in [2.05, 4.69) is 19.8 Å². The van der Waals surface area contributed by atoms with Gasteiger partial charge in [-0.2, -0.15) is 4.98 Å². The van der Waals surface area contributed by atoms with Crippen molar-refractivity contribution in [2.45, 2.75) is 6.92 Å². The average Bonchev–Trinajstić information content (AvgIpc) is 3.06. The molecule has 0 N–H and O–H groups in total. The lowest BCUT2D eigenvalue weighted by atomic mass is 10.3. The molecule has 4 heterocycles. The predicted octanol–water partition coefficient (Wildman–Crippen LogP) is 0.512. The number of aryl methyl sites for hydroxylation is 1. The minimum Gasteiger partial charge on any atom is -0.422 e. The highest BCUT2D eigenvalue weighted by molar-refractivity contribution is 5.78. The van der Waals surface area contributed by atoms with Gasteiger partial charge in [0.15, 0.2) is 5.58 Å². The molecule has 0 atom stereocenters. The Balaban J connectivity index is 1.34. The molecule has 134 valence electrons. The fourth-order valence-electron chi connectivity index (χ4n) is 3.23. The van der Waals surface area contributed by atoms with E-state index in [9.17, 15) is 4.79 Å². The maximum Gasteiger partial charge on any atom is 0.300 e. The Hall–Kier alpha value is -2.19. The van der Waals surface area contributed by atoms with Gasteiger partial charge in [-0.15, -0.1) is 0 Å². The SMILES string of the molecule is Cc1ccc2oc(N3CCN(C(=O)CN4CCOCC4)CC3)nc2n1. The molecule has 2 aromatic heterocycles. The van der Waals surface area contributed by atoms with Crippen LogP contribution in [0.5, 0.6) is 0 Å².